The second-order valence-corrected chi connectivity index (χ2v) is 11.6. The topological polar surface area (TPSA) is 91.0 Å². The molecule has 0 aromatic heterocycles. The van der Waals surface area contributed by atoms with Gasteiger partial charge >= 0.3 is 0 Å². The molecule has 3 heterocycles. The van der Waals surface area contributed by atoms with E-state index >= 15 is 0 Å². The molecule has 0 bridgehead atoms. The number of halogens is 1. The molecule has 1 aromatic rings. The SMILES string of the molecule is CC(C)(C)CN(CC1NC(=O)C2COCCC2N1)C(=O)CN1CCC(C(=O)c2ccc(F)cc2)CC1. The van der Waals surface area contributed by atoms with Crippen LogP contribution >= 0.6 is 0 Å². The maximum Gasteiger partial charge on any atom is 0.236 e. The zero-order valence-corrected chi connectivity index (χ0v) is 21.6. The first-order chi connectivity index (χ1) is 17.1. The van der Waals surface area contributed by atoms with Gasteiger partial charge in [-0.05, 0) is 62.0 Å². The number of amides is 2. The Balaban J connectivity index is 1.32. The molecular formula is C27H39FN4O4. The number of nitrogens with one attached hydrogen (secondary N) is 2. The average Bonchev–Trinajstić information content (AvgIpc) is 2.83. The lowest BCUT2D eigenvalue weighted by molar-refractivity contribution is -0.140. The molecule has 4 rings (SSSR count). The van der Waals surface area contributed by atoms with Crippen molar-refractivity contribution in [2.45, 2.75) is 52.2 Å². The molecule has 3 atom stereocenters. The van der Waals surface area contributed by atoms with Crippen LogP contribution in [0.4, 0.5) is 4.39 Å². The lowest BCUT2D eigenvalue weighted by atomic mass is 9.89. The number of nitrogens with zero attached hydrogens (tertiary/aromatic N) is 2. The van der Waals surface area contributed by atoms with E-state index in [0.717, 1.165) is 6.42 Å². The van der Waals surface area contributed by atoms with E-state index in [0.29, 0.717) is 57.8 Å². The smallest absolute Gasteiger partial charge is 0.236 e. The summed E-state index contributed by atoms with van der Waals surface area (Å²) in [6.45, 7) is 9.96. The quantitative estimate of drug-likeness (QED) is 0.555. The number of benzene rings is 1. The molecular weight excluding hydrogens is 463 g/mol. The number of carbonyl (C=O) groups excluding carboxylic acids is 3. The van der Waals surface area contributed by atoms with Crippen molar-refractivity contribution in [3.63, 3.8) is 0 Å². The number of likely N-dealkylation sites (tertiary alicyclic amines) is 1. The van der Waals surface area contributed by atoms with Crippen molar-refractivity contribution >= 4 is 17.6 Å². The third-order valence-corrected chi connectivity index (χ3v) is 7.29. The Morgan fingerprint density at radius 2 is 1.83 bits per heavy atom. The van der Waals surface area contributed by atoms with Crippen LogP contribution in [0.15, 0.2) is 24.3 Å². The van der Waals surface area contributed by atoms with Crippen molar-refractivity contribution in [3.8, 4) is 0 Å². The molecule has 3 unspecified atom stereocenters. The summed E-state index contributed by atoms with van der Waals surface area (Å²) in [5, 5.41) is 6.55. The third kappa shape index (κ3) is 6.89. The van der Waals surface area contributed by atoms with Gasteiger partial charge in [-0.15, -0.1) is 0 Å². The van der Waals surface area contributed by atoms with E-state index in [1.54, 1.807) is 12.1 Å². The molecule has 0 aliphatic carbocycles. The van der Waals surface area contributed by atoms with Crippen molar-refractivity contribution in [1.82, 2.24) is 20.4 Å². The van der Waals surface area contributed by atoms with Crippen LogP contribution in [0.1, 0.15) is 50.4 Å². The van der Waals surface area contributed by atoms with Crippen LogP contribution in [0, 0.1) is 23.1 Å². The van der Waals surface area contributed by atoms with Gasteiger partial charge in [0.15, 0.2) is 5.78 Å². The average molecular weight is 503 g/mol. The zero-order valence-electron chi connectivity index (χ0n) is 21.6. The van der Waals surface area contributed by atoms with Gasteiger partial charge in [-0.25, -0.2) is 4.39 Å². The Labute approximate surface area is 212 Å². The van der Waals surface area contributed by atoms with Crippen molar-refractivity contribution in [3.05, 3.63) is 35.6 Å². The van der Waals surface area contributed by atoms with Crippen LogP contribution < -0.4 is 10.6 Å². The van der Waals surface area contributed by atoms with E-state index in [2.05, 4.69) is 36.3 Å². The highest BCUT2D eigenvalue weighted by atomic mass is 19.1. The summed E-state index contributed by atoms with van der Waals surface area (Å²) in [7, 11) is 0. The van der Waals surface area contributed by atoms with E-state index in [-0.39, 0.29) is 59.4 Å². The molecule has 3 aliphatic rings. The predicted octanol–water partition coefficient (Wildman–Crippen LogP) is 2.05. The van der Waals surface area contributed by atoms with E-state index in [4.69, 9.17) is 4.74 Å². The van der Waals surface area contributed by atoms with Crippen LogP contribution in [0.25, 0.3) is 0 Å². The van der Waals surface area contributed by atoms with E-state index < -0.39 is 0 Å². The molecule has 9 heteroatoms. The summed E-state index contributed by atoms with van der Waals surface area (Å²) in [5.41, 5.74) is 0.445. The Morgan fingerprint density at radius 1 is 1.14 bits per heavy atom. The molecule has 0 spiro atoms. The van der Waals surface area contributed by atoms with Crippen LogP contribution in [-0.4, -0.2) is 85.5 Å². The van der Waals surface area contributed by atoms with Crippen molar-refractivity contribution in [1.29, 1.82) is 0 Å². The van der Waals surface area contributed by atoms with Gasteiger partial charge in [-0.3, -0.25) is 24.6 Å². The second kappa shape index (κ2) is 11.4. The van der Waals surface area contributed by atoms with Gasteiger partial charge in [-0.1, -0.05) is 20.8 Å². The van der Waals surface area contributed by atoms with Gasteiger partial charge in [0.25, 0.3) is 0 Å². The minimum Gasteiger partial charge on any atom is -0.381 e. The molecule has 2 amide bonds. The predicted molar refractivity (Wildman–Crippen MR) is 134 cm³/mol. The summed E-state index contributed by atoms with van der Waals surface area (Å²) in [4.78, 5) is 42.8. The number of carbonyl (C=O) groups is 3. The number of fused-ring (bicyclic) bond motifs is 1. The summed E-state index contributed by atoms with van der Waals surface area (Å²) >= 11 is 0. The van der Waals surface area contributed by atoms with Crippen molar-refractivity contribution in [2.75, 3.05) is 45.9 Å². The maximum atomic E-state index is 13.4. The second-order valence-electron chi connectivity index (χ2n) is 11.6. The first kappa shape index (κ1) is 26.7. The van der Waals surface area contributed by atoms with Gasteiger partial charge in [0.2, 0.25) is 11.8 Å². The number of hydrogen-bond acceptors (Lipinski definition) is 6. The Bertz CT molecular complexity index is 940. The molecule has 3 saturated heterocycles. The monoisotopic (exact) mass is 502 g/mol. The molecule has 0 saturated carbocycles. The lowest BCUT2D eigenvalue weighted by Gasteiger charge is -2.42. The number of ketones is 1. The minimum atomic E-state index is -0.352. The molecule has 1 aromatic carbocycles. The van der Waals surface area contributed by atoms with Gasteiger partial charge < -0.3 is 15.0 Å². The summed E-state index contributed by atoms with van der Waals surface area (Å²) in [6, 6.07) is 5.78. The normalized spacial score (nSPS) is 25.7. The zero-order chi connectivity index (χ0) is 25.9. The number of ether oxygens (including phenoxy) is 1. The standard InChI is InChI=1S/C27H39FN4O4/c1-27(2,3)17-32(14-23-29-22-10-13-36-16-21(22)26(35)30-23)24(33)15-31-11-8-19(9-12-31)25(34)18-4-6-20(28)7-5-18/h4-7,19,21-23,29H,8-17H2,1-3H3,(H,30,35). The fraction of sp³-hybridized carbons (Fsp3) is 0.667. The van der Waals surface area contributed by atoms with Gasteiger partial charge in [0, 0.05) is 30.7 Å². The maximum absolute atomic E-state index is 13.4. The molecule has 3 aliphatic heterocycles. The lowest BCUT2D eigenvalue weighted by Crippen LogP contribution is -2.67. The van der Waals surface area contributed by atoms with Crippen LogP contribution in [-0.2, 0) is 14.3 Å². The number of rotatable bonds is 7. The third-order valence-electron chi connectivity index (χ3n) is 7.29. The fourth-order valence-electron chi connectivity index (χ4n) is 5.41. The number of Topliss-reactive ketones (excluding diaryl/α,β-unsaturated/α-hetero) is 1. The summed E-state index contributed by atoms with van der Waals surface area (Å²) in [5.74, 6) is -0.587. The molecule has 36 heavy (non-hydrogen) atoms. The fourth-order valence-corrected chi connectivity index (χ4v) is 5.41. The van der Waals surface area contributed by atoms with Crippen LogP contribution in [0.2, 0.25) is 0 Å². The van der Waals surface area contributed by atoms with E-state index in [9.17, 15) is 18.8 Å². The highest BCUT2D eigenvalue weighted by molar-refractivity contribution is 5.97. The first-order valence-corrected chi connectivity index (χ1v) is 13.0. The largest absolute Gasteiger partial charge is 0.381 e. The molecule has 0 radical (unpaired) electrons. The molecule has 198 valence electrons. The van der Waals surface area contributed by atoms with Gasteiger partial charge in [0.05, 0.1) is 31.8 Å². The summed E-state index contributed by atoms with van der Waals surface area (Å²) in [6.07, 6.45) is 1.84. The van der Waals surface area contributed by atoms with Crippen LogP contribution in [0.5, 0.6) is 0 Å². The highest BCUT2D eigenvalue weighted by Crippen LogP contribution is 2.24. The number of hydrogen-bond donors (Lipinski definition) is 2. The first-order valence-electron chi connectivity index (χ1n) is 13.0. The molecule has 2 N–H and O–H groups in total. The van der Waals surface area contributed by atoms with Gasteiger partial charge in [-0.2, -0.15) is 0 Å². The highest BCUT2D eigenvalue weighted by Gasteiger charge is 2.39. The summed E-state index contributed by atoms with van der Waals surface area (Å²) < 4.78 is 18.6. The molecule has 3 fully saturated rings. The van der Waals surface area contributed by atoms with Crippen LogP contribution in [0.3, 0.4) is 0 Å². The minimum absolute atomic E-state index is 0.0144. The van der Waals surface area contributed by atoms with E-state index in [1.807, 2.05) is 4.90 Å². The Hall–Kier alpha value is -2.36. The van der Waals surface area contributed by atoms with Gasteiger partial charge in [0.1, 0.15) is 5.82 Å². The van der Waals surface area contributed by atoms with Crippen molar-refractivity contribution in [2.24, 2.45) is 17.3 Å². The Morgan fingerprint density at radius 3 is 2.50 bits per heavy atom. The van der Waals surface area contributed by atoms with E-state index in [1.165, 1.54) is 12.1 Å². The number of piperidine rings is 1. The van der Waals surface area contributed by atoms with Crippen molar-refractivity contribution < 1.29 is 23.5 Å². The molecule has 8 nitrogen and oxygen atoms in total. The Kier molecular flexibility index (Phi) is 8.42.